The summed E-state index contributed by atoms with van der Waals surface area (Å²) in [5, 5.41) is 11.7. The Morgan fingerprint density at radius 2 is 2.05 bits per heavy atom. The van der Waals surface area contributed by atoms with E-state index in [9.17, 15) is 5.11 Å². The zero-order valence-electron chi connectivity index (χ0n) is 12.4. The SMILES string of the molecule is CC(C)C(N)CCN(C)c1nccc2ccc(O)cc12. The number of nitrogens with two attached hydrogens (primary N) is 1. The fourth-order valence-corrected chi connectivity index (χ4v) is 2.23. The summed E-state index contributed by atoms with van der Waals surface area (Å²) < 4.78 is 0. The van der Waals surface area contributed by atoms with Crippen LogP contribution in [0.3, 0.4) is 0 Å². The lowest BCUT2D eigenvalue weighted by molar-refractivity contribution is 0.466. The number of anilines is 1. The highest BCUT2D eigenvalue weighted by atomic mass is 16.3. The first-order valence-corrected chi connectivity index (χ1v) is 7.03. The number of phenolic OH excluding ortho intramolecular Hbond substituents is 1. The summed E-state index contributed by atoms with van der Waals surface area (Å²) >= 11 is 0. The Morgan fingerprint density at radius 3 is 2.75 bits per heavy atom. The van der Waals surface area contributed by atoms with Crippen molar-refractivity contribution >= 4 is 16.6 Å². The summed E-state index contributed by atoms with van der Waals surface area (Å²) in [6, 6.07) is 7.51. The van der Waals surface area contributed by atoms with Gasteiger partial charge in [-0.05, 0) is 35.9 Å². The molecule has 0 aliphatic rings. The van der Waals surface area contributed by atoms with E-state index in [0.717, 1.165) is 29.6 Å². The van der Waals surface area contributed by atoms with Gasteiger partial charge in [0.05, 0.1) is 0 Å². The van der Waals surface area contributed by atoms with Crippen LogP contribution >= 0.6 is 0 Å². The molecule has 108 valence electrons. The van der Waals surface area contributed by atoms with Gasteiger partial charge in [-0.15, -0.1) is 0 Å². The number of pyridine rings is 1. The fourth-order valence-electron chi connectivity index (χ4n) is 2.23. The molecule has 0 radical (unpaired) electrons. The van der Waals surface area contributed by atoms with Crippen molar-refractivity contribution in [1.29, 1.82) is 0 Å². The van der Waals surface area contributed by atoms with Crippen LogP contribution in [0.2, 0.25) is 0 Å². The van der Waals surface area contributed by atoms with Gasteiger partial charge in [0.1, 0.15) is 11.6 Å². The summed E-state index contributed by atoms with van der Waals surface area (Å²) in [4.78, 5) is 6.55. The van der Waals surface area contributed by atoms with E-state index >= 15 is 0 Å². The number of aromatic hydroxyl groups is 1. The first kappa shape index (κ1) is 14.6. The van der Waals surface area contributed by atoms with Gasteiger partial charge < -0.3 is 15.7 Å². The van der Waals surface area contributed by atoms with Crippen LogP contribution in [0, 0.1) is 5.92 Å². The van der Waals surface area contributed by atoms with E-state index in [-0.39, 0.29) is 11.8 Å². The van der Waals surface area contributed by atoms with Crippen molar-refractivity contribution in [2.24, 2.45) is 11.7 Å². The molecule has 20 heavy (non-hydrogen) atoms. The number of hydrogen-bond acceptors (Lipinski definition) is 4. The molecule has 0 aliphatic heterocycles. The van der Waals surface area contributed by atoms with Crippen LogP contribution in [0.1, 0.15) is 20.3 Å². The number of phenols is 1. The van der Waals surface area contributed by atoms with E-state index in [4.69, 9.17) is 5.73 Å². The molecule has 1 atom stereocenters. The Hall–Kier alpha value is -1.81. The molecule has 1 unspecified atom stereocenters. The average Bonchev–Trinajstić information content (AvgIpc) is 2.43. The lowest BCUT2D eigenvalue weighted by Gasteiger charge is -2.23. The molecule has 2 aromatic rings. The fraction of sp³-hybridized carbons (Fsp3) is 0.438. The molecule has 4 nitrogen and oxygen atoms in total. The molecule has 0 fully saturated rings. The van der Waals surface area contributed by atoms with Gasteiger partial charge in [-0.3, -0.25) is 0 Å². The predicted octanol–water partition coefficient (Wildman–Crippen LogP) is 2.75. The Balaban J connectivity index is 2.21. The molecule has 1 aromatic carbocycles. The van der Waals surface area contributed by atoms with Gasteiger partial charge in [-0.25, -0.2) is 4.98 Å². The minimum absolute atomic E-state index is 0.195. The molecule has 1 aromatic heterocycles. The first-order valence-electron chi connectivity index (χ1n) is 7.03. The summed E-state index contributed by atoms with van der Waals surface area (Å²) in [6.07, 6.45) is 2.72. The molecule has 0 spiro atoms. The molecule has 2 rings (SSSR count). The maximum atomic E-state index is 9.66. The molecular weight excluding hydrogens is 250 g/mol. The van der Waals surface area contributed by atoms with Crippen LogP contribution in [0.25, 0.3) is 10.8 Å². The van der Waals surface area contributed by atoms with Crippen molar-refractivity contribution in [3.05, 3.63) is 30.5 Å². The predicted molar refractivity (Wildman–Crippen MR) is 84.1 cm³/mol. The van der Waals surface area contributed by atoms with E-state index in [2.05, 4.69) is 23.7 Å². The normalized spacial score (nSPS) is 12.8. The smallest absolute Gasteiger partial charge is 0.136 e. The van der Waals surface area contributed by atoms with Crippen LogP contribution in [0.5, 0.6) is 5.75 Å². The summed E-state index contributed by atoms with van der Waals surface area (Å²) in [5.41, 5.74) is 6.09. The summed E-state index contributed by atoms with van der Waals surface area (Å²) in [6.45, 7) is 5.12. The Labute approximate surface area is 120 Å². The quantitative estimate of drug-likeness (QED) is 0.879. The lowest BCUT2D eigenvalue weighted by Crippen LogP contribution is -2.32. The number of hydrogen-bond donors (Lipinski definition) is 2. The van der Waals surface area contributed by atoms with Crippen molar-refractivity contribution in [1.82, 2.24) is 4.98 Å². The molecule has 0 saturated heterocycles. The van der Waals surface area contributed by atoms with Gasteiger partial charge in [0.2, 0.25) is 0 Å². The van der Waals surface area contributed by atoms with Crippen LogP contribution in [0.4, 0.5) is 5.82 Å². The Morgan fingerprint density at radius 1 is 1.30 bits per heavy atom. The summed E-state index contributed by atoms with van der Waals surface area (Å²) in [7, 11) is 2.01. The number of fused-ring (bicyclic) bond motifs is 1. The van der Waals surface area contributed by atoms with Crippen molar-refractivity contribution in [3.63, 3.8) is 0 Å². The third-order valence-corrected chi connectivity index (χ3v) is 3.74. The van der Waals surface area contributed by atoms with E-state index < -0.39 is 0 Å². The maximum absolute atomic E-state index is 9.66. The van der Waals surface area contributed by atoms with E-state index in [0.29, 0.717) is 5.92 Å². The molecule has 4 heteroatoms. The van der Waals surface area contributed by atoms with E-state index in [1.165, 1.54) is 0 Å². The minimum atomic E-state index is 0.195. The lowest BCUT2D eigenvalue weighted by atomic mass is 10.0. The average molecular weight is 273 g/mol. The number of aromatic nitrogens is 1. The molecule has 1 heterocycles. The van der Waals surface area contributed by atoms with Crippen molar-refractivity contribution in [2.75, 3.05) is 18.5 Å². The van der Waals surface area contributed by atoms with Gasteiger partial charge in [-0.2, -0.15) is 0 Å². The Kier molecular flexibility index (Phi) is 4.45. The van der Waals surface area contributed by atoms with Crippen molar-refractivity contribution < 1.29 is 5.11 Å². The molecule has 0 saturated carbocycles. The highest BCUT2D eigenvalue weighted by Gasteiger charge is 2.12. The third-order valence-electron chi connectivity index (χ3n) is 3.74. The molecule has 0 bridgehead atoms. The Bertz CT molecular complexity index is 583. The largest absolute Gasteiger partial charge is 0.508 e. The molecule has 0 aliphatic carbocycles. The van der Waals surface area contributed by atoms with E-state index in [1.54, 1.807) is 18.3 Å². The second kappa shape index (κ2) is 6.09. The third kappa shape index (κ3) is 3.20. The monoisotopic (exact) mass is 273 g/mol. The highest BCUT2D eigenvalue weighted by molar-refractivity contribution is 5.93. The van der Waals surface area contributed by atoms with Gasteiger partial charge in [-0.1, -0.05) is 19.9 Å². The number of rotatable bonds is 5. The highest BCUT2D eigenvalue weighted by Crippen LogP contribution is 2.27. The van der Waals surface area contributed by atoms with Crippen LogP contribution in [0.15, 0.2) is 30.5 Å². The van der Waals surface area contributed by atoms with Crippen LogP contribution < -0.4 is 10.6 Å². The topological polar surface area (TPSA) is 62.4 Å². The zero-order valence-corrected chi connectivity index (χ0v) is 12.4. The zero-order chi connectivity index (χ0) is 14.7. The first-order chi connectivity index (χ1) is 9.49. The number of nitrogens with zero attached hydrogens (tertiary/aromatic N) is 2. The van der Waals surface area contributed by atoms with Gasteiger partial charge >= 0.3 is 0 Å². The summed E-state index contributed by atoms with van der Waals surface area (Å²) in [5.74, 6) is 1.63. The molecule has 0 amide bonds. The minimum Gasteiger partial charge on any atom is -0.508 e. The second-order valence-corrected chi connectivity index (χ2v) is 5.66. The maximum Gasteiger partial charge on any atom is 0.136 e. The van der Waals surface area contributed by atoms with E-state index in [1.807, 2.05) is 19.2 Å². The van der Waals surface area contributed by atoms with Gasteiger partial charge in [0, 0.05) is 31.2 Å². The number of benzene rings is 1. The van der Waals surface area contributed by atoms with Crippen molar-refractivity contribution in [3.8, 4) is 5.75 Å². The molecule has 3 N–H and O–H groups in total. The molecular formula is C16H23N3O. The van der Waals surface area contributed by atoms with Crippen molar-refractivity contribution in [2.45, 2.75) is 26.3 Å². The van der Waals surface area contributed by atoms with Crippen LogP contribution in [-0.2, 0) is 0 Å². The second-order valence-electron chi connectivity index (χ2n) is 5.66. The van der Waals surface area contributed by atoms with Crippen LogP contribution in [-0.4, -0.2) is 29.7 Å². The van der Waals surface area contributed by atoms with Gasteiger partial charge in [0.15, 0.2) is 0 Å². The van der Waals surface area contributed by atoms with Gasteiger partial charge in [0.25, 0.3) is 0 Å². The standard InChI is InChI=1S/C16H23N3O/c1-11(2)15(17)7-9-19(3)16-14-10-13(20)5-4-12(14)6-8-18-16/h4-6,8,10-11,15,20H,7,9,17H2,1-3H3.